The number of nitrogens with one attached hydrogen (secondary N) is 1. The van der Waals surface area contributed by atoms with Crippen molar-refractivity contribution in [3.8, 4) is 0 Å². The SMILES string of the molecule is O=C(Nc1ccc(Cl)cc1Cl)[C@H]1CC=CC[C@H]1C(=O)O. The minimum absolute atomic E-state index is 0.323. The van der Waals surface area contributed by atoms with Crippen molar-refractivity contribution < 1.29 is 14.7 Å². The second kappa shape index (κ2) is 6.29. The normalized spacial score (nSPS) is 21.5. The van der Waals surface area contributed by atoms with E-state index in [0.29, 0.717) is 28.6 Å². The standard InChI is InChI=1S/C14H13Cl2NO3/c15-8-5-6-12(11(16)7-8)17-13(18)9-3-1-2-4-10(9)14(19)20/h1-2,5-7,9-10H,3-4H2,(H,17,18)(H,19,20)/t9-,10+/m0/s1. The number of carbonyl (C=O) groups is 2. The van der Waals surface area contributed by atoms with Gasteiger partial charge in [-0.3, -0.25) is 9.59 Å². The minimum atomic E-state index is -0.961. The molecule has 6 heteroatoms. The molecule has 0 fully saturated rings. The molecule has 4 nitrogen and oxygen atoms in total. The molecule has 0 aliphatic heterocycles. The molecular weight excluding hydrogens is 301 g/mol. The predicted molar refractivity (Wildman–Crippen MR) is 78.1 cm³/mol. The molecule has 0 heterocycles. The number of halogens is 2. The van der Waals surface area contributed by atoms with Gasteiger partial charge in [0.25, 0.3) is 0 Å². The summed E-state index contributed by atoms with van der Waals surface area (Å²) in [5.74, 6) is -2.60. The maximum absolute atomic E-state index is 12.2. The molecule has 1 aliphatic rings. The lowest BCUT2D eigenvalue weighted by atomic mass is 9.82. The Balaban J connectivity index is 2.14. The summed E-state index contributed by atoms with van der Waals surface area (Å²) in [7, 11) is 0. The lowest BCUT2D eigenvalue weighted by Crippen LogP contribution is -2.34. The van der Waals surface area contributed by atoms with Crippen LogP contribution in [0.15, 0.2) is 30.4 Å². The van der Waals surface area contributed by atoms with E-state index in [1.54, 1.807) is 18.2 Å². The van der Waals surface area contributed by atoms with Crippen molar-refractivity contribution in [2.45, 2.75) is 12.8 Å². The molecule has 2 atom stereocenters. The molecule has 1 aliphatic carbocycles. The highest BCUT2D eigenvalue weighted by Gasteiger charge is 2.34. The van der Waals surface area contributed by atoms with Gasteiger partial charge in [0.1, 0.15) is 0 Å². The number of allylic oxidation sites excluding steroid dienone is 2. The number of carboxylic acids is 1. The third kappa shape index (κ3) is 3.32. The molecule has 0 aromatic heterocycles. The number of amides is 1. The van der Waals surface area contributed by atoms with Crippen LogP contribution in [0.4, 0.5) is 5.69 Å². The molecule has 20 heavy (non-hydrogen) atoms. The van der Waals surface area contributed by atoms with Crippen LogP contribution in [0.25, 0.3) is 0 Å². The number of anilines is 1. The smallest absolute Gasteiger partial charge is 0.307 e. The Morgan fingerprint density at radius 2 is 1.80 bits per heavy atom. The number of aliphatic carboxylic acids is 1. The van der Waals surface area contributed by atoms with Crippen molar-refractivity contribution in [1.82, 2.24) is 0 Å². The zero-order chi connectivity index (χ0) is 14.7. The second-order valence-corrected chi connectivity index (χ2v) is 5.45. The van der Waals surface area contributed by atoms with Gasteiger partial charge in [0, 0.05) is 5.02 Å². The van der Waals surface area contributed by atoms with Crippen LogP contribution in [-0.4, -0.2) is 17.0 Å². The third-order valence-corrected chi connectivity index (χ3v) is 3.82. The Morgan fingerprint density at radius 1 is 1.15 bits per heavy atom. The monoisotopic (exact) mass is 313 g/mol. The van der Waals surface area contributed by atoms with Crippen molar-refractivity contribution in [2.24, 2.45) is 11.8 Å². The second-order valence-electron chi connectivity index (χ2n) is 4.61. The summed E-state index contributed by atoms with van der Waals surface area (Å²) in [4.78, 5) is 23.4. The summed E-state index contributed by atoms with van der Waals surface area (Å²) in [5.41, 5.74) is 0.430. The molecular formula is C14H13Cl2NO3. The van der Waals surface area contributed by atoms with Gasteiger partial charge in [-0.25, -0.2) is 0 Å². The van der Waals surface area contributed by atoms with Gasteiger partial charge < -0.3 is 10.4 Å². The van der Waals surface area contributed by atoms with Crippen molar-refractivity contribution in [2.75, 3.05) is 5.32 Å². The molecule has 0 spiro atoms. The molecule has 0 unspecified atom stereocenters. The van der Waals surface area contributed by atoms with Gasteiger partial charge in [0.15, 0.2) is 0 Å². The van der Waals surface area contributed by atoms with Crippen LogP contribution in [0.2, 0.25) is 10.0 Å². The lowest BCUT2D eigenvalue weighted by Gasteiger charge is -2.24. The number of hydrogen-bond acceptors (Lipinski definition) is 2. The maximum Gasteiger partial charge on any atom is 0.307 e. The van der Waals surface area contributed by atoms with E-state index >= 15 is 0 Å². The highest BCUT2D eigenvalue weighted by Crippen LogP contribution is 2.30. The van der Waals surface area contributed by atoms with Crippen LogP contribution in [0.5, 0.6) is 0 Å². The topological polar surface area (TPSA) is 66.4 Å². The average Bonchev–Trinajstić information content (AvgIpc) is 2.41. The maximum atomic E-state index is 12.2. The van der Waals surface area contributed by atoms with E-state index in [0.717, 1.165) is 0 Å². The van der Waals surface area contributed by atoms with Crippen LogP contribution < -0.4 is 5.32 Å². The number of hydrogen-bond donors (Lipinski definition) is 2. The largest absolute Gasteiger partial charge is 0.481 e. The number of benzene rings is 1. The average molecular weight is 314 g/mol. The first-order chi connectivity index (χ1) is 9.49. The lowest BCUT2D eigenvalue weighted by molar-refractivity contribution is -0.146. The van der Waals surface area contributed by atoms with E-state index in [2.05, 4.69) is 5.32 Å². The highest BCUT2D eigenvalue weighted by atomic mass is 35.5. The first-order valence-corrected chi connectivity index (χ1v) is 6.88. The Hall–Kier alpha value is -1.52. The molecule has 0 bridgehead atoms. The predicted octanol–water partition coefficient (Wildman–Crippen LogP) is 3.60. The van der Waals surface area contributed by atoms with Gasteiger partial charge in [0.2, 0.25) is 5.91 Å². The van der Waals surface area contributed by atoms with Gasteiger partial charge in [0.05, 0.1) is 22.5 Å². The Labute approximate surface area is 126 Å². The number of rotatable bonds is 3. The van der Waals surface area contributed by atoms with E-state index in [-0.39, 0.29) is 5.91 Å². The summed E-state index contributed by atoms with van der Waals surface area (Å²) >= 11 is 11.8. The van der Waals surface area contributed by atoms with E-state index in [9.17, 15) is 9.59 Å². The van der Waals surface area contributed by atoms with E-state index in [1.807, 2.05) is 6.08 Å². The molecule has 1 amide bonds. The summed E-state index contributed by atoms with van der Waals surface area (Å²) in [6.45, 7) is 0. The van der Waals surface area contributed by atoms with Crippen molar-refractivity contribution in [3.05, 3.63) is 40.4 Å². The fraction of sp³-hybridized carbons (Fsp3) is 0.286. The molecule has 0 saturated carbocycles. The Bertz CT molecular complexity index is 572. The third-order valence-electron chi connectivity index (χ3n) is 3.28. The summed E-state index contributed by atoms with van der Waals surface area (Å²) in [5, 5.41) is 12.6. The van der Waals surface area contributed by atoms with Crippen LogP contribution in [0.3, 0.4) is 0 Å². The molecule has 106 valence electrons. The molecule has 0 radical (unpaired) electrons. The summed E-state index contributed by atoms with van der Waals surface area (Å²) in [6.07, 6.45) is 4.39. The zero-order valence-electron chi connectivity index (χ0n) is 10.5. The molecule has 2 N–H and O–H groups in total. The van der Waals surface area contributed by atoms with Gasteiger partial charge in [-0.15, -0.1) is 0 Å². The van der Waals surface area contributed by atoms with Gasteiger partial charge in [-0.2, -0.15) is 0 Å². The van der Waals surface area contributed by atoms with Gasteiger partial charge in [-0.05, 0) is 31.0 Å². The highest BCUT2D eigenvalue weighted by molar-refractivity contribution is 6.36. The molecule has 2 rings (SSSR count). The first kappa shape index (κ1) is 14.9. The number of carboxylic acid groups (broad SMARTS) is 1. The molecule has 1 aromatic rings. The Morgan fingerprint density at radius 3 is 2.40 bits per heavy atom. The van der Waals surface area contributed by atoms with E-state index in [4.69, 9.17) is 28.3 Å². The molecule has 1 aromatic carbocycles. The quantitative estimate of drug-likeness (QED) is 0.838. The van der Waals surface area contributed by atoms with Crippen molar-refractivity contribution in [1.29, 1.82) is 0 Å². The fourth-order valence-corrected chi connectivity index (χ4v) is 2.65. The van der Waals surface area contributed by atoms with Crippen LogP contribution in [0.1, 0.15) is 12.8 Å². The first-order valence-electron chi connectivity index (χ1n) is 6.12. The van der Waals surface area contributed by atoms with Gasteiger partial charge >= 0.3 is 5.97 Å². The molecule has 0 saturated heterocycles. The fourth-order valence-electron chi connectivity index (χ4n) is 2.19. The van der Waals surface area contributed by atoms with Crippen LogP contribution in [-0.2, 0) is 9.59 Å². The minimum Gasteiger partial charge on any atom is -0.481 e. The van der Waals surface area contributed by atoms with Crippen molar-refractivity contribution >= 4 is 40.8 Å². The van der Waals surface area contributed by atoms with Crippen molar-refractivity contribution in [3.63, 3.8) is 0 Å². The number of carbonyl (C=O) groups excluding carboxylic acids is 1. The summed E-state index contributed by atoms with van der Waals surface area (Å²) in [6, 6.07) is 4.73. The van der Waals surface area contributed by atoms with Gasteiger partial charge in [-0.1, -0.05) is 35.4 Å². The van der Waals surface area contributed by atoms with E-state index in [1.165, 1.54) is 6.07 Å². The Kier molecular flexibility index (Phi) is 4.68. The van der Waals surface area contributed by atoms with Crippen LogP contribution >= 0.6 is 23.2 Å². The van der Waals surface area contributed by atoms with E-state index < -0.39 is 17.8 Å². The zero-order valence-corrected chi connectivity index (χ0v) is 12.0. The van der Waals surface area contributed by atoms with Crippen LogP contribution in [0, 0.1) is 11.8 Å². The summed E-state index contributed by atoms with van der Waals surface area (Å²) < 4.78 is 0.